The number of rotatable bonds is 6. The van der Waals surface area contributed by atoms with Crippen molar-refractivity contribution < 1.29 is 34.0 Å². The fraction of sp³-hybridized carbons (Fsp3) is 0.278. The molecule has 2 aromatic heterocycles. The smallest absolute Gasteiger partial charge is 0.351 e. The zero-order valence-corrected chi connectivity index (χ0v) is 16.9. The summed E-state index contributed by atoms with van der Waals surface area (Å²) in [6, 6.07) is 6.27. The Balaban J connectivity index is 1.45. The van der Waals surface area contributed by atoms with Crippen LogP contribution in [0.1, 0.15) is 11.8 Å². The predicted octanol–water partition coefficient (Wildman–Crippen LogP) is 0.606. The average molecular weight is 449 g/mol. The van der Waals surface area contributed by atoms with Gasteiger partial charge >= 0.3 is 7.60 Å². The van der Waals surface area contributed by atoms with Gasteiger partial charge < -0.3 is 35.2 Å². The van der Waals surface area contributed by atoms with E-state index in [-0.39, 0.29) is 11.6 Å². The maximum absolute atomic E-state index is 12.3. The second-order valence-electron chi connectivity index (χ2n) is 6.86. The molecule has 31 heavy (non-hydrogen) atoms. The molecule has 6 N–H and O–H groups in total. The Bertz CT molecular complexity index is 1170. The van der Waals surface area contributed by atoms with Gasteiger partial charge in [-0.2, -0.15) is 0 Å². The largest absolute Gasteiger partial charge is 0.507 e. The Kier molecular flexibility index (Phi) is 5.75. The molecule has 1 aliphatic rings. The van der Waals surface area contributed by atoms with E-state index < -0.39 is 38.7 Å². The molecule has 1 aliphatic heterocycles. The SMILES string of the molecule is Nc1ncnc2c1ncn2[C@@H]1O[C@H](COP(=O)(O)C=Cc2ccccc2O)[C@H](O)C1O. The first-order valence-corrected chi connectivity index (χ1v) is 10.8. The number of nitrogens with zero attached hydrogens (tertiary/aromatic N) is 4. The second-order valence-corrected chi connectivity index (χ2v) is 8.55. The third kappa shape index (κ3) is 4.30. The van der Waals surface area contributed by atoms with E-state index in [1.165, 1.54) is 29.4 Å². The number of aromatic hydroxyl groups is 1. The van der Waals surface area contributed by atoms with Gasteiger partial charge in [-0.25, -0.2) is 15.0 Å². The van der Waals surface area contributed by atoms with Crippen LogP contribution in [0.25, 0.3) is 17.2 Å². The number of nitrogen functional groups attached to an aromatic ring is 1. The van der Waals surface area contributed by atoms with E-state index in [2.05, 4.69) is 15.0 Å². The number of para-hydroxylation sites is 1. The molecule has 0 bridgehead atoms. The van der Waals surface area contributed by atoms with Gasteiger partial charge in [0.2, 0.25) is 0 Å². The standard InChI is InChI=1S/C18H20N5O7P/c19-16-13-17(21-8-20-16)23(9-22-13)18-15(26)14(25)12(30-18)7-29-31(27,28)6-5-10-3-1-2-4-11(10)24/h1-6,8-9,12,14-15,18,24-26H,7H2,(H,27,28)(H2,19,20,21)/t12-,14+,15?,18-/m1/s1. The monoisotopic (exact) mass is 449 g/mol. The van der Waals surface area contributed by atoms with Crippen LogP contribution in [0.4, 0.5) is 5.82 Å². The number of imidazole rings is 1. The molecule has 3 aromatic rings. The van der Waals surface area contributed by atoms with E-state index in [1.54, 1.807) is 18.2 Å². The van der Waals surface area contributed by atoms with Crippen molar-refractivity contribution in [3.8, 4) is 5.75 Å². The molecule has 0 radical (unpaired) electrons. The molecular weight excluding hydrogens is 429 g/mol. The van der Waals surface area contributed by atoms with E-state index in [0.29, 0.717) is 16.7 Å². The highest BCUT2D eigenvalue weighted by Crippen LogP contribution is 2.45. The van der Waals surface area contributed by atoms with Crippen molar-refractivity contribution >= 4 is 30.7 Å². The number of phenolic OH excluding ortho intramolecular Hbond substituents is 1. The fourth-order valence-corrected chi connectivity index (χ4v) is 3.97. The van der Waals surface area contributed by atoms with Crippen LogP contribution in [0.5, 0.6) is 5.75 Å². The molecule has 4 rings (SSSR count). The molecule has 1 fully saturated rings. The van der Waals surface area contributed by atoms with E-state index in [1.807, 2.05) is 0 Å². The molecule has 1 aromatic carbocycles. The topological polar surface area (TPSA) is 186 Å². The summed E-state index contributed by atoms with van der Waals surface area (Å²) in [7, 11) is -4.22. The van der Waals surface area contributed by atoms with Gasteiger partial charge in [-0.3, -0.25) is 9.13 Å². The molecule has 164 valence electrons. The van der Waals surface area contributed by atoms with Crippen molar-refractivity contribution in [2.45, 2.75) is 24.5 Å². The van der Waals surface area contributed by atoms with Crippen molar-refractivity contribution in [1.82, 2.24) is 19.5 Å². The van der Waals surface area contributed by atoms with Gasteiger partial charge in [0.15, 0.2) is 17.7 Å². The highest BCUT2D eigenvalue weighted by molar-refractivity contribution is 7.56. The summed E-state index contributed by atoms with van der Waals surface area (Å²) >= 11 is 0. The number of aliphatic hydroxyl groups excluding tert-OH is 2. The minimum absolute atomic E-state index is 0.0590. The van der Waals surface area contributed by atoms with Crippen LogP contribution in [0, 0.1) is 0 Å². The first kappa shape index (κ1) is 21.4. The van der Waals surface area contributed by atoms with Gasteiger partial charge in [-0.15, -0.1) is 0 Å². The third-order valence-electron chi connectivity index (χ3n) is 4.80. The summed E-state index contributed by atoms with van der Waals surface area (Å²) < 4.78 is 24.4. The van der Waals surface area contributed by atoms with Crippen molar-refractivity contribution in [3.05, 3.63) is 48.3 Å². The molecule has 0 saturated carbocycles. The molecule has 3 heterocycles. The van der Waals surface area contributed by atoms with Gasteiger partial charge in [-0.1, -0.05) is 18.2 Å². The zero-order valence-electron chi connectivity index (χ0n) is 16.0. The summed E-state index contributed by atoms with van der Waals surface area (Å²) in [5.74, 6) is 1.01. The van der Waals surface area contributed by atoms with Crippen LogP contribution < -0.4 is 5.73 Å². The number of aliphatic hydroxyl groups is 2. The number of hydrogen-bond acceptors (Lipinski definition) is 10. The fourth-order valence-electron chi connectivity index (χ4n) is 3.18. The summed E-state index contributed by atoms with van der Waals surface area (Å²) in [6.07, 6.45) is -1.13. The first-order chi connectivity index (χ1) is 14.8. The minimum atomic E-state index is -4.22. The van der Waals surface area contributed by atoms with Gasteiger partial charge in [-0.05, 0) is 12.1 Å². The van der Waals surface area contributed by atoms with Gasteiger partial charge in [0, 0.05) is 11.4 Å². The Morgan fingerprint density at radius 1 is 1.23 bits per heavy atom. The Morgan fingerprint density at radius 3 is 2.77 bits per heavy atom. The van der Waals surface area contributed by atoms with Crippen LogP contribution in [0.15, 0.2) is 42.7 Å². The summed E-state index contributed by atoms with van der Waals surface area (Å²) in [5.41, 5.74) is 6.69. The lowest BCUT2D eigenvalue weighted by Gasteiger charge is -2.16. The van der Waals surface area contributed by atoms with Crippen LogP contribution in [-0.4, -0.2) is 64.7 Å². The van der Waals surface area contributed by atoms with Crippen molar-refractivity contribution in [2.75, 3.05) is 12.3 Å². The van der Waals surface area contributed by atoms with E-state index >= 15 is 0 Å². The Hall–Kier alpha value is -2.86. The molecule has 5 atom stereocenters. The number of ether oxygens (including phenoxy) is 1. The van der Waals surface area contributed by atoms with Crippen LogP contribution in [0.3, 0.4) is 0 Å². The van der Waals surface area contributed by atoms with E-state index in [9.17, 15) is 24.8 Å². The number of phenols is 1. The number of hydrogen-bond donors (Lipinski definition) is 5. The molecule has 0 amide bonds. The summed E-state index contributed by atoms with van der Waals surface area (Å²) in [4.78, 5) is 22.0. The molecule has 12 nitrogen and oxygen atoms in total. The molecule has 13 heteroatoms. The summed E-state index contributed by atoms with van der Waals surface area (Å²) in [6.45, 7) is -0.475. The van der Waals surface area contributed by atoms with Gasteiger partial charge in [0.1, 0.15) is 35.9 Å². The highest BCUT2D eigenvalue weighted by atomic mass is 31.2. The van der Waals surface area contributed by atoms with E-state index in [4.69, 9.17) is 15.0 Å². The highest BCUT2D eigenvalue weighted by Gasteiger charge is 2.45. The van der Waals surface area contributed by atoms with Crippen molar-refractivity contribution in [3.63, 3.8) is 0 Å². The minimum Gasteiger partial charge on any atom is -0.507 e. The van der Waals surface area contributed by atoms with Crippen LogP contribution in [-0.2, 0) is 13.8 Å². The maximum atomic E-state index is 12.3. The molecule has 0 spiro atoms. The molecular formula is C18H20N5O7P. The number of benzene rings is 1. The zero-order chi connectivity index (χ0) is 22.2. The quantitative estimate of drug-likeness (QED) is 0.332. The number of anilines is 1. The van der Waals surface area contributed by atoms with Gasteiger partial charge in [0.05, 0.1) is 12.9 Å². The maximum Gasteiger partial charge on any atom is 0.351 e. The Morgan fingerprint density at radius 2 is 2.00 bits per heavy atom. The van der Waals surface area contributed by atoms with Crippen LogP contribution in [0.2, 0.25) is 0 Å². The lowest BCUT2D eigenvalue weighted by Crippen LogP contribution is -2.33. The van der Waals surface area contributed by atoms with Crippen LogP contribution >= 0.6 is 7.60 Å². The predicted molar refractivity (Wildman–Crippen MR) is 109 cm³/mol. The Labute approximate surface area is 175 Å². The van der Waals surface area contributed by atoms with Crippen molar-refractivity contribution in [1.29, 1.82) is 0 Å². The first-order valence-electron chi connectivity index (χ1n) is 9.16. The molecule has 1 saturated heterocycles. The number of fused-ring (bicyclic) bond motifs is 1. The molecule has 0 aliphatic carbocycles. The lowest BCUT2D eigenvalue weighted by molar-refractivity contribution is -0.0481. The lowest BCUT2D eigenvalue weighted by atomic mass is 10.1. The van der Waals surface area contributed by atoms with Crippen molar-refractivity contribution in [2.24, 2.45) is 0 Å². The third-order valence-corrected chi connectivity index (χ3v) is 5.85. The second kappa shape index (κ2) is 8.35. The van der Waals surface area contributed by atoms with Gasteiger partial charge in [0.25, 0.3) is 0 Å². The number of nitrogens with two attached hydrogens (primary N) is 1. The average Bonchev–Trinajstić information content (AvgIpc) is 3.29. The van der Waals surface area contributed by atoms with E-state index in [0.717, 1.165) is 5.82 Å². The summed E-state index contributed by atoms with van der Waals surface area (Å²) in [5, 5.41) is 30.5. The molecule has 2 unspecified atom stereocenters. The number of aromatic nitrogens is 4. The normalized spacial score (nSPS) is 25.9.